The molecule has 0 aliphatic rings. The molecule has 0 aromatic heterocycles. The van der Waals surface area contributed by atoms with E-state index >= 15 is 0 Å². The summed E-state index contributed by atoms with van der Waals surface area (Å²) in [6, 6.07) is -1.01. The van der Waals surface area contributed by atoms with Crippen LogP contribution in [0.2, 0.25) is 0 Å². The molecule has 0 amide bonds. The van der Waals surface area contributed by atoms with Crippen LogP contribution in [-0.2, 0) is 14.4 Å². The number of carboxylic acids is 2. The average Bonchev–Trinajstić information content (AvgIpc) is 2.33. The van der Waals surface area contributed by atoms with Gasteiger partial charge in [-0.3, -0.25) is 9.59 Å². The van der Waals surface area contributed by atoms with E-state index in [0.717, 1.165) is 0 Å². The van der Waals surface area contributed by atoms with Gasteiger partial charge in [0, 0.05) is 12.3 Å². The second-order valence-corrected chi connectivity index (χ2v) is 3.37. The number of hydrogen-bond acceptors (Lipinski definition) is 4. The highest BCUT2D eigenvalue weighted by Gasteiger charge is 2.29. The minimum Gasteiger partial charge on any atom is -0.481 e. The summed E-state index contributed by atoms with van der Waals surface area (Å²) in [6.45, 7) is 9.31. The van der Waals surface area contributed by atoms with Gasteiger partial charge in [-0.1, -0.05) is 27.7 Å². The Morgan fingerprint density at radius 3 is 1.63 bits per heavy atom. The van der Waals surface area contributed by atoms with E-state index in [1.54, 1.807) is 0 Å². The van der Waals surface area contributed by atoms with Crippen LogP contribution >= 0.6 is 0 Å². The van der Waals surface area contributed by atoms with E-state index in [-0.39, 0.29) is 18.6 Å². The zero-order valence-corrected chi connectivity index (χ0v) is 12.7. The normalized spacial score (nSPS) is 11.9. The summed E-state index contributed by atoms with van der Waals surface area (Å²) >= 11 is 0. The fourth-order valence-electron chi connectivity index (χ4n) is 1.46. The lowest BCUT2D eigenvalue weighted by Gasteiger charge is -2.20. The molecule has 0 aromatic rings. The van der Waals surface area contributed by atoms with Gasteiger partial charge in [-0.15, -0.1) is 0 Å². The van der Waals surface area contributed by atoms with E-state index < -0.39 is 23.9 Å². The smallest absolute Gasteiger partial charge is 0.321 e. The number of hydrogen-bond donors (Lipinski definition) is 3. The summed E-state index contributed by atoms with van der Waals surface area (Å²) in [6.07, 6.45) is -0.387. The van der Waals surface area contributed by atoms with Crippen LogP contribution in [0.5, 0.6) is 0 Å². The molecule has 0 aliphatic carbocycles. The van der Waals surface area contributed by atoms with Gasteiger partial charge in [0.1, 0.15) is 11.8 Å². The Labute approximate surface area is 115 Å². The third-order valence-corrected chi connectivity index (χ3v) is 2.03. The number of nitrogens with one attached hydrogen (secondary N) is 1. The number of Topliss-reactive ketones (excluding diaryl/α,β-unsaturated/α-hetero) is 1. The number of carbonyl (C=O) groups excluding carboxylic acids is 1. The molecule has 0 spiro atoms. The molecular weight excluding hydrogens is 250 g/mol. The first-order chi connectivity index (χ1) is 8.88. The molecule has 6 heteroatoms. The van der Waals surface area contributed by atoms with Crippen molar-refractivity contribution in [2.75, 3.05) is 7.05 Å². The maximum Gasteiger partial charge on any atom is 0.321 e. The van der Waals surface area contributed by atoms with Gasteiger partial charge in [0.15, 0.2) is 0 Å². The summed E-state index contributed by atoms with van der Waals surface area (Å²) < 4.78 is 0. The van der Waals surface area contributed by atoms with Crippen LogP contribution in [0.4, 0.5) is 0 Å². The topological polar surface area (TPSA) is 104 Å². The number of carboxylic acid groups (broad SMARTS) is 2. The van der Waals surface area contributed by atoms with Crippen molar-refractivity contribution in [2.24, 2.45) is 5.92 Å². The highest BCUT2D eigenvalue weighted by Crippen LogP contribution is 2.15. The summed E-state index contributed by atoms with van der Waals surface area (Å²) in [7, 11) is 1.42. The van der Waals surface area contributed by atoms with Crippen LogP contribution in [0.1, 0.15) is 47.5 Å². The van der Waals surface area contributed by atoms with E-state index in [1.807, 2.05) is 27.7 Å². The number of rotatable bonds is 7. The number of aliphatic carboxylic acids is 2. The maximum absolute atomic E-state index is 10.9. The van der Waals surface area contributed by atoms with E-state index in [4.69, 9.17) is 10.2 Å². The predicted octanol–water partition coefficient (Wildman–Crippen LogP) is 1.78. The Hall–Kier alpha value is -1.43. The van der Waals surface area contributed by atoms with Crippen molar-refractivity contribution in [2.45, 2.75) is 53.5 Å². The Balaban J connectivity index is -0.000000579. The lowest BCUT2D eigenvalue weighted by Crippen LogP contribution is -2.42. The molecule has 0 fully saturated rings. The van der Waals surface area contributed by atoms with Gasteiger partial charge in [-0.05, 0) is 14.0 Å². The third kappa shape index (κ3) is 12.8. The van der Waals surface area contributed by atoms with Gasteiger partial charge in [-0.2, -0.15) is 0 Å². The molecule has 0 rings (SSSR count). The largest absolute Gasteiger partial charge is 0.481 e. The van der Waals surface area contributed by atoms with Crippen molar-refractivity contribution in [3.05, 3.63) is 0 Å². The van der Waals surface area contributed by atoms with Crippen molar-refractivity contribution in [3.8, 4) is 0 Å². The number of ketones is 1. The zero-order valence-electron chi connectivity index (χ0n) is 12.7. The van der Waals surface area contributed by atoms with Crippen molar-refractivity contribution < 1.29 is 24.6 Å². The highest BCUT2D eigenvalue weighted by atomic mass is 16.4. The summed E-state index contributed by atoms with van der Waals surface area (Å²) in [5.74, 6) is -3.20. The first-order valence-electron chi connectivity index (χ1n) is 6.49. The van der Waals surface area contributed by atoms with E-state index in [1.165, 1.54) is 14.0 Å². The van der Waals surface area contributed by atoms with Gasteiger partial charge in [0.25, 0.3) is 0 Å². The Bertz CT molecular complexity index is 250. The molecule has 0 bridgehead atoms. The molecule has 0 radical (unpaired) electrons. The second kappa shape index (κ2) is 14.6. The van der Waals surface area contributed by atoms with Crippen LogP contribution in [0.25, 0.3) is 0 Å². The first kappa shape index (κ1) is 22.7. The predicted molar refractivity (Wildman–Crippen MR) is 74.2 cm³/mol. The number of carbonyl (C=O) groups is 3. The van der Waals surface area contributed by atoms with Crippen LogP contribution in [-0.4, -0.2) is 41.0 Å². The van der Waals surface area contributed by atoms with E-state index in [9.17, 15) is 14.4 Å². The standard InChI is InChI=1S/C9H15NO5.2C2H6/c1-5(11)3-6(4-7(12)13)8(10-2)9(14)15;2*1-2/h6,8,10H,3-4H2,1-2H3,(H,12,13)(H,14,15);2*1-2H3. The number of likely N-dealkylation sites (N-methyl/N-ethyl adjacent to an activating group) is 1. The molecule has 0 aliphatic heterocycles. The minimum absolute atomic E-state index is 0.0515. The van der Waals surface area contributed by atoms with Crippen LogP contribution < -0.4 is 5.32 Å². The van der Waals surface area contributed by atoms with Crippen LogP contribution in [0.15, 0.2) is 0 Å². The van der Waals surface area contributed by atoms with Crippen molar-refractivity contribution >= 4 is 17.7 Å². The second-order valence-electron chi connectivity index (χ2n) is 3.37. The lowest BCUT2D eigenvalue weighted by molar-refractivity contribution is -0.143. The van der Waals surface area contributed by atoms with Gasteiger partial charge in [0.2, 0.25) is 0 Å². The molecule has 0 saturated heterocycles. The molecule has 19 heavy (non-hydrogen) atoms. The van der Waals surface area contributed by atoms with E-state index in [2.05, 4.69) is 5.32 Å². The van der Waals surface area contributed by atoms with Gasteiger partial charge < -0.3 is 20.3 Å². The molecule has 0 aromatic carbocycles. The molecular formula is C13H27NO5. The van der Waals surface area contributed by atoms with Gasteiger partial charge in [-0.25, -0.2) is 0 Å². The molecule has 0 heterocycles. The van der Waals surface area contributed by atoms with Gasteiger partial charge >= 0.3 is 11.9 Å². The molecule has 2 unspecified atom stereocenters. The van der Waals surface area contributed by atoms with Crippen molar-refractivity contribution in [3.63, 3.8) is 0 Å². The van der Waals surface area contributed by atoms with Gasteiger partial charge in [0.05, 0.1) is 6.42 Å². The maximum atomic E-state index is 10.9. The van der Waals surface area contributed by atoms with E-state index in [0.29, 0.717) is 0 Å². The highest BCUT2D eigenvalue weighted by molar-refractivity contribution is 5.80. The lowest BCUT2D eigenvalue weighted by atomic mass is 9.91. The Kier molecular flexibility index (Phi) is 17.5. The minimum atomic E-state index is -1.15. The molecule has 2 atom stereocenters. The SMILES string of the molecule is CC.CC.CNC(C(=O)O)C(CC(C)=O)CC(=O)O. The summed E-state index contributed by atoms with van der Waals surface area (Å²) in [5.41, 5.74) is 0. The summed E-state index contributed by atoms with van der Waals surface area (Å²) in [4.78, 5) is 32.1. The quantitative estimate of drug-likeness (QED) is 0.655. The fraction of sp³-hybridized carbons (Fsp3) is 0.769. The first-order valence-corrected chi connectivity index (χ1v) is 6.49. The third-order valence-electron chi connectivity index (χ3n) is 2.03. The van der Waals surface area contributed by atoms with Crippen LogP contribution in [0, 0.1) is 5.92 Å². The average molecular weight is 277 g/mol. The van der Waals surface area contributed by atoms with Crippen molar-refractivity contribution in [1.29, 1.82) is 0 Å². The molecule has 114 valence electrons. The fourth-order valence-corrected chi connectivity index (χ4v) is 1.46. The molecule has 0 saturated carbocycles. The Morgan fingerprint density at radius 2 is 1.42 bits per heavy atom. The van der Waals surface area contributed by atoms with Crippen LogP contribution in [0.3, 0.4) is 0 Å². The molecule has 6 nitrogen and oxygen atoms in total. The van der Waals surface area contributed by atoms with Crippen molar-refractivity contribution in [1.82, 2.24) is 5.32 Å². The Morgan fingerprint density at radius 1 is 1.00 bits per heavy atom. The monoisotopic (exact) mass is 277 g/mol. The molecule has 3 N–H and O–H groups in total. The zero-order chi connectivity index (χ0) is 16.0. The summed E-state index contributed by atoms with van der Waals surface area (Å²) in [5, 5.41) is 19.9.